The van der Waals surface area contributed by atoms with Crippen molar-refractivity contribution in [3.05, 3.63) is 36.4 Å². The third kappa shape index (κ3) is 3.72. The van der Waals surface area contributed by atoms with Gasteiger partial charge in [-0.05, 0) is 36.8 Å². The number of fused-ring (bicyclic) bond motifs is 2. The van der Waals surface area contributed by atoms with Crippen LogP contribution in [-0.2, 0) is 14.3 Å². The lowest BCUT2D eigenvalue weighted by Crippen LogP contribution is -2.26. The van der Waals surface area contributed by atoms with Crippen LogP contribution in [0.1, 0.15) is 12.8 Å². The van der Waals surface area contributed by atoms with Crippen molar-refractivity contribution in [2.45, 2.75) is 19.5 Å². The van der Waals surface area contributed by atoms with Crippen LogP contribution in [0.25, 0.3) is 0 Å². The molecule has 1 aromatic carbocycles. The van der Waals surface area contributed by atoms with Crippen LogP contribution in [0.5, 0.6) is 5.75 Å². The van der Waals surface area contributed by atoms with Gasteiger partial charge in [0.15, 0.2) is 6.61 Å². The molecular weight excluding hydrogens is 320 g/mol. The van der Waals surface area contributed by atoms with Gasteiger partial charge in [0.2, 0.25) is 0 Å². The first-order valence-electron chi connectivity index (χ1n) is 7.71. The molecule has 1 saturated carbocycles. The number of alkyl halides is 2. The van der Waals surface area contributed by atoms with E-state index in [0.29, 0.717) is 5.92 Å². The highest BCUT2D eigenvalue weighted by atomic mass is 19.3. The second kappa shape index (κ2) is 6.98. The van der Waals surface area contributed by atoms with Crippen molar-refractivity contribution in [2.24, 2.45) is 17.8 Å². The molecule has 1 aromatic rings. The molecule has 128 valence electrons. The number of para-hydroxylation sites is 2. The molecule has 3 rings (SSSR count). The van der Waals surface area contributed by atoms with Crippen LogP contribution in [0.15, 0.2) is 36.4 Å². The van der Waals surface area contributed by atoms with Crippen molar-refractivity contribution >= 4 is 17.6 Å². The van der Waals surface area contributed by atoms with E-state index in [9.17, 15) is 18.4 Å². The SMILES string of the molecule is O=C(COC(=O)[C@@H]1C[C@@H]2C=C[C@H]1C2)Nc1ccccc1OC(F)F. The fourth-order valence-corrected chi connectivity index (χ4v) is 3.25. The molecule has 0 aromatic heterocycles. The number of ether oxygens (including phenoxy) is 2. The van der Waals surface area contributed by atoms with Gasteiger partial charge in [-0.25, -0.2) is 0 Å². The van der Waals surface area contributed by atoms with Crippen molar-refractivity contribution in [3.8, 4) is 5.75 Å². The zero-order chi connectivity index (χ0) is 17.1. The second-order valence-corrected chi connectivity index (χ2v) is 5.92. The number of halogens is 2. The average molecular weight is 337 g/mol. The number of hydrogen-bond donors (Lipinski definition) is 1. The molecule has 0 aliphatic heterocycles. The smallest absolute Gasteiger partial charge is 0.387 e. The van der Waals surface area contributed by atoms with Crippen molar-refractivity contribution in [3.63, 3.8) is 0 Å². The topological polar surface area (TPSA) is 64.6 Å². The van der Waals surface area contributed by atoms with Crippen LogP contribution in [0.3, 0.4) is 0 Å². The van der Waals surface area contributed by atoms with Crippen LogP contribution in [-0.4, -0.2) is 25.1 Å². The summed E-state index contributed by atoms with van der Waals surface area (Å²) in [6, 6.07) is 5.82. The zero-order valence-corrected chi connectivity index (χ0v) is 12.8. The normalized spacial score (nSPS) is 24.2. The monoisotopic (exact) mass is 337 g/mol. The van der Waals surface area contributed by atoms with E-state index >= 15 is 0 Å². The van der Waals surface area contributed by atoms with Crippen LogP contribution in [0.4, 0.5) is 14.5 Å². The largest absolute Gasteiger partial charge is 0.455 e. The highest BCUT2D eigenvalue weighted by Crippen LogP contribution is 2.43. The van der Waals surface area contributed by atoms with E-state index in [1.807, 2.05) is 6.08 Å². The number of hydrogen-bond acceptors (Lipinski definition) is 4. The van der Waals surface area contributed by atoms with Crippen molar-refractivity contribution in [1.29, 1.82) is 0 Å². The Kier molecular flexibility index (Phi) is 4.78. The summed E-state index contributed by atoms with van der Waals surface area (Å²) in [5.41, 5.74) is 0.0988. The average Bonchev–Trinajstić information content (AvgIpc) is 3.17. The van der Waals surface area contributed by atoms with E-state index in [-0.39, 0.29) is 29.2 Å². The number of benzene rings is 1. The number of nitrogens with one attached hydrogen (secondary N) is 1. The Bertz CT molecular complexity index is 662. The maximum absolute atomic E-state index is 12.3. The molecule has 0 radical (unpaired) electrons. The molecule has 3 atom stereocenters. The molecule has 2 aliphatic rings. The Morgan fingerprint density at radius 2 is 2.00 bits per heavy atom. The van der Waals surface area contributed by atoms with Crippen molar-refractivity contribution in [2.75, 3.05) is 11.9 Å². The number of allylic oxidation sites excluding steroid dienone is 2. The fraction of sp³-hybridized carbons (Fsp3) is 0.412. The summed E-state index contributed by atoms with van der Waals surface area (Å²) < 4.78 is 34.0. The fourth-order valence-electron chi connectivity index (χ4n) is 3.25. The molecule has 0 unspecified atom stereocenters. The molecule has 0 spiro atoms. The lowest BCUT2D eigenvalue weighted by molar-refractivity contribution is -0.152. The minimum Gasteiger partial charge on any atom is -0.455 e. The minimum absolute atomic E-state index is 0.0988. The van der Waals surface area contributed by atoms with Gasteiger partial charge in [-0.15, -0.1) is 0 Å². The van der Waals surface area contributed by atoms with E-state index in [1.165, 1.54) is 18.2 Å². The van der Waals surface area contributed by atoms with E-state index in [0.717, 1.165) is 12.8 Å². The number of anilines is 1. The summed E-state index contributed by atoms with van der Waals surface area (Å²) >= 11 is 0. The van der Waals surface area contributed by atoms with E-state index in [4.69, 9.17) is 4.74 Å². The summed E-state index contributed by atoms with van der Waals surface area (Å²) in [7, 11) is 0. The molecule has 1 amide bonds. The molecule has 5 nitrogen and oxygen atoms in total. The number of rotatable bonds is 6. The van der Waals surface area contributed by atoms with E-state index < -0.39 is 19.1 Å². The third-order valence-corrected chi connectivity index (χ3v) is 4.30. The quantitative estimate of drug-likeness (QED) is 0.640. The maximum atomic E-state index is 12.3. The second-order valence-electron chi connectivity index (χ2n) is 5.92. The van der Waals surface area contributed by atoms with Crippen LogP contribution in [0, 0.1) is 17.8 Å². The van der Waals surface area contributed by atoms with Crippen LogP contribution >= 0.6 is 0 Å². The predicted molar refractivity (Wildman–Crippen MR) is 81.5 cm³/mol. The first-order valence-corrected chi connectivity index (χ1v) is 7.71. The Balaban J connectivity index is 1.51. The van der Waals surface area contributed by atoms with Crippen LogP contribution in [0.2, 0.25) is 0 Å². The predicted octanol–water partition coefficient (Wildman–Crippen LogP) is 2.98. The number of amides is 1. The van der Waals surface area contributed by atoms with Gasteiger partial charge in [0.25, 0.3) is 5.91 Å². The van der Waals surface area contributed by atoms with Gasteiger partial charge in [0.05, 0.1) is 11.6 Å². The number of esters is 1. The lowest BCUT2D eigenvalue weighted by atomic mass is 9.94. The third-order valence-electron chi connectivity index (χ3n) is 4.30. The highest BCUT2D eigenvalue weighted by molar-refractivity contribution is 5.94. The highest BCUT2D eigenvalue weighted by Gasteiger charge is 2.40. The molecule has 24 heavy (non-hydrogen) atoms. The molecule has 1 N–H and O–H groups in total. The molecule has 7 heteroatoms. The van der Waals surface area contributed by atoms with Gasteiger partial charge in [0.1, 0.15) is 5.75 Å². The molecule has 2 bridgehead atoms. The number of carbonyl (C=O) groups excluding carboxylic acids is 2. The van der Waals surface area contributed by atoms with Gasteiger partial charge in [-0.2, -0.15) is 8.78 Å². The summed E-state index contributed by atoms with van der Waals surface area (Å²) in [5, 5.41) is 2.41. The van der Waals surface area contributed by atoms with Gasteiger partial charge < -0.3 is 14.8 Å². The zero-order valence-electron chi connectivity index (χ0n) is 12.8. The Labute approximate surface area is 137 Å². The van der Waals surface area contributed by atoms with Gasteiger partial charge in [-0.3, -0.25) is 9.59 Å². The van der Waals surface area contributed by atoms with E-state index in [1.54, 1.807) is 6.07 Å². The van der Waals surface area contributed by atoms with Gasteiger partial charge >= 0.3 is 12.6 Å². The summed E-state index contributed by atoms with van der Waals surface area (Å²) in [6.45, 7) is -3.45. The summed E-state index contributed by atoms with van der Waals surface area (Å²) in [4.78, 5) is 23.9. The molecular formula is C17H17F2NO4. The van der Waals surface area contributed by atoms with Crippen LogP contribution < -0.4 is 10.1 Å². The van der Waals surface area contributed by atoms with Gasteiger partial charge in [0, 0.05) is 0 Å². The molecule has 0 saturated heterocycles. The van der Waals surface area contributed by atoms with Gasteiger partial charge in [-0.1, -0.05) is 24.3 Å². The summed E-state index contributed by atoms with van der Waals surface area (Å²) in [6.07, 6.45) is 5.86. The number of carbonyl (C=O) groups is 2. The summed E-state index contributed by atoms with van der Waals surface area (Å²) in [5.74, 6) is -0.704. The Morgan fingerprint density at radius 1 is 1.21 bits per heavy atom. The minimum atomic E-state index is -2.99. The van der Waals surface area contributed by atoms with E-state index in [2.05, 4.69) is 16.1 Å². The standard InChI is InChI=1S/C17H17F2NO4/c18-17(19)24-14-4-2-1-3-13(14)20-15(21)9-23-16(22)12-8-10-5-6-11(12)7-10/h1-6,10-12,17H,7-9H2,(H,20,21)/t10-,11+,12-/m1/s1. The Hall–Kier alpha value is -2.44. The first-order chi connectivity index (χ1) is 11.5. The maximum Gasteiger partial charge on any atom is 0.387 e. The molecule has 1 fully saturated rings. The van der Waals surface area contributed by atoms with Crippen molar-refractivity contribution < 1.29 is 27.8 Å². The lowest BCUT2D eigenvalue weighted by Gasteiger charge is -2.16. The Morgan fingerprint density at radius 3 is 2.67 bits per heavy atom. The van der Waals surface area contributed by atoms with Crippen molar-refractivity contribution in [1.82, 2.24) is 0 Å². The first kappa shape index (κ1) is 16.4. The molecule has 0 heterocycles. The molecule has 2 aliphatic carbocycles.